The fourth-order valence-electron chi connectivity index (χ4n) is 2.57. The Labute approximate surface area is 151 Å². The Kier molecular flexibility index (Phi) is 3.83. The van der Waals surface area contributed by atoms with E-state index in [1.165, 1.54) is 17.5 Å². The lowest BCUT2D eigenvalue weighted by Gasteiger charge is -2.04. The fourth-order valence-corrected chi connectivity index (χ4v) is 3.67. The van der Waals surface area contributed by atoms with Gasteiger partial charge in [0.2, 0.25) is 5.13 Å². The molecule has 4 rings (SSSR count). The number of rotatable bonds is 4. The van der Waals surface area contributed by atoms with Crippen molar-refractivity contribution in [3.8, 4) is 16.4 Å². The van der Waals surface area contributed by atoms with Crippen LogP contribution in [0.5, 0.6) is 0 Å². The van der Waals surface area contributed by atoms with E-state index in [-0.39, 0.29) is 11.5 Å². The van der Waals surface area contributed by atoms with Crippen LogP contribution in [0.15, 0.2) is 29.8 Å². The number of hydrogen-bond acceptors (Lipinski definition) is 4. The fraction of sp³-hybridized carbons (Fsp3) is 0.188. The van der Waals surface area contributed by atoms with Gasteiger partial charge >= 0.3 is 5.97 Å². The van der Waals surface area contributed by atoms with Crippen molar-refractivity contribution in [3.05, 3.63) is 51.1 Å². The third-order valence-corrected chi connectivity index (χ3v) is 5.44. The molecule has 3 aromatic rings. The first-order valence-electron chi connectivity index (χ1n) is 7.27. The van der Waals surface area contributed by atoms with Crippen LogP contribution in [-0.4, -0.2) is 25.8 Å². The number of hydrogen-bond donors (Lipinski definition) is 1. The second kappa shape index (κ2) is 5.88. The van der Waals surface area contributed by atoms with Crippen LogP contribution < -0.4 is 0 Å². The summed E-state index contributed by atoms with van der Waals surface area (Å²) in [4.78, 5) is 16.0. The summed E-state index contributed by atoms with van der Waals surface area (Å²) in [5.41, 5.74) is 2.59. The van der Waals surface area contributed by atoms with E-state index < -0.39 is 5.97 Å². The molecule has 1 N–H and O–H groups in total. The molecule has 24 heavy (non-hydrogen) atoms. The minimum absolute atomic E-state index is 0.246. The van der Waals surface area contributed by atoms with Gasteiger partial charge in [-0.2, -0.15) is 5.10 Å². The van der Waals surface area contributed by atoms with E-state index in [4.69, 9.17) is 23.2 Å². The molecule has 1 aliphatic rings. The monoisotopic (exact) mass is 379 g/mol. The van der Waals surface area contributed by atoms with Crippen LogP contribution in [0.3, 0.4) is 0 Å². The molecule has 0 bridgehead atoms. The van der Waals surface area contributed by atoms with E-state index in [2.05, 4.69) is 10.1 Å². The maximum Gasteiger partial charge on any atom is 0.339 e. The Morgan fingerprint density at radius 1 is 1.29 bits per heavy atom. The molecule has 0 unspecified atom stereocenters. The maximum absolute atomic E-state index is 11.4. The van der Waals surface area contributed by atoms with E-state index in [1.807, 2.05) is 11.4 Å². The highest BCUT2D eigenvalue weighted by molar-refractivity contribution is 7.12. The number of thiazole rings is 1. The average molecular weight is 380 g/mol. The van der Waals surface area contributed by atoms with Gasteiger partial charge in [-0.25, -0.2) is 14.5 Å². The number of benzene rings is 1. The molecule has 8 heteroatoms. The quantitative estimate of drug-likeness (QED) is 0.701. The zero-order valence-corrected chi connectivity index (χ0v) is 14.6. The normalized spacial score (nSPS) is 14.1. The summed E-state index contributed by atoms with van der Waals surface area (Å²) in [7, 11) is 0. The summed E-state index contributed by atoms with van der Waals surface area (Å²) in [5.74, 6) is -0.708. The van der Waals surface area contributed by atoms with Crippen molar-refractivity contribution in [2.45, 2.75) is 18.8 Å². The molecule has 0 spiro atoms. The summed E-state index contributed by atoms with van der Waals surface area (Å²) in [6.45, 7) is 0. The molecule has 1 saturated carbocycles. The topological polar surface area (TPSA) is 68.0 Å². The highest BCUT2D eigenvalue weighted by Crippen LogP contribution is 2.43. The smallest absolute Gasteiger partial charge is 0.339 e. The molecule has 0 radical (unpaired) electrons. The molecule has 0 atom stereocenters. The van der Waals surface area contributed by atoms with Gasteiger partial charge in [0.25, 0.3) is 0 Å². The molecule has 0 saturated heterocycles. The Hall–Kier alpha value is -1.89. The van der Waals surface area contributed by atoms with Gasteiger partial charge in [-0.15, -0.1) is 11.3 Å². The van der Waals surface area contributed by atoms with E-state index >= 15 is 0 Å². The van der Waals surface area contributed by atoms with Gasteiger partial charge in [0.15, 0.2) is 0 Å². The summed E-state index contributed by atoms with van der Waals surface area (Å²) < 4.78 is 1.65. The number of carbonyl (C=O) groups is 1. The van der Waals surface area contributed by atoms with Gasteiger partial charge in [-0.05, 0) is 25.0 Å². The zero-order valence-electron chi connectivity index (χ0n) is 12.2. The van der Waals surface area contributed by atoms with E-state index in [0.717, 1.165) is 29.8 Å². The number of aromatic nitrogens is 3. The number of nitrogens with zero attached hydrogens (tertiary/aromatic N) is 3. The van der Waals surface area contributed by atoms with Crippen LogP contribution in [0.2, 0.25) is 10.0 Å². The highest BCUT2D eigenvalue weighted by Gasteiger charge is 2.33. The zero-order chi connectivity index (χ0) is 16.8. The van der Waals surface area contributed by atoms with Gasteiger partial charge < -0.3 is 5.11 Å². The third-order valence-electron chi connectivity index (χ3n) is 3.89. The highest BCUT2D eigenvalue weighted by atomic mass is 35.5. The van der Waals surface area contributed by atoms with Crippen LogP contribution in [0.1, 0.15) is 34.8 Å². The Bertz CT molecular complexity index is 947. The minimum Gasteiger partial charge on any atom is -0.478 e. The number of carboxylic acids is 1. The molecule has 2 heterocycles. The predicted molar refractivity (Wildman–Crippen MR) is 93.6 cm³/mol. The predicted octanol–water partition coefficient (Wildman–Crippen LogP) is 4.88. The minimum atomic E-state index is -0.954. The molecule has 122 valence electrons. The molecule has 0 amide bonds. The SMILES string of the molecule is O=C(O)c1cnn(-c2nc(-c3ccc(Cl)c(Cl)c3)cs2)c1C1CC1. The summed E-state index contributed by atoms with van der Waals surface area (Å²) in [6, 6.07) is 5.33. The van der Waals surface area contributed by atoms with Gasteiger partial charge in [0.05, 0.1) is 27.6 Å². The van der Waals surface area contributed by atoms with E-state index in [9.17, 15) is 9.90 Å². The summed E-state index contributed by atoms with van der Waals surface area (Å²) in [5, 5.41) is 17.1. The van der Waals surface area contributed by atoms with Gasteiger partial charge in [0.1, 0.15) is 5.56 Å². The van der Waals surface area contributed by atoms with Crippen molar-refractivity contribution in [2.75, 3.05) is 0 Å². The largest absolute Gasteiger partial charge is 0.478 e. The Balaban J connectivity index is 1.75. The molecule has 1 aliphatic carbocycles. The van der Waals surface area contributed by atoms with Crippen molar-refractivity contribution >= 4 is 40.5 Å². The van der Waals surface area contributed by atoms with Crippen molar-refractivity contribution in [2.24, 2.45) is 0 Å². The van der Waals surface area contributed by atoms with E-state index in [1.54, 1.807) is 16.8 Å². The average Bonchev–Trinajstić information content (AvgIpc) is 3.11. The molecular weight excluding hydrogens is 369 g/mol. The van der Waals surface area contributed by atoms with Crippen LogP contribution in [-0.2, 0) is 0 Å². The Morgan fingerprint density at radius 3 is 2.75 bits per heavy atom. The standard InChI is InChI=1S/C16H11Cl2N3O2S/c17-11-4-3-9(5-12(11)18)13-7-24-16(20-13)21-14(8-1-2-8)10(6-19-21)15(22)23/h3-8H,1-2H2,(H,22,23). The van der Waals surface area contributed by atoms with Gasteiger partial charge in [-0.1, -0.05) is 29.3 Å². The molecule has 5 nitrogen and oxygen atoms in total. The lowest BCUT2D eigenvalue weighted by molar-refractivity contribution is 0.0695. The lowest BCUT2D eigenvalue weighted by atomic mass is 10.2. The number of halogens is 2. The van der Waals surface area contributed by atoms with Crippen LogP contribution in [0.25, 0.3) is 16.4 Å². The second-order valence-corrected chi connectivity index (χ2v) is 7.23. The van der Waals surface area contributed by atoms with Crippen LogP contribution in [0, 0.1) is 0 Å². The van der Waals surface area contributed by atoms with Gasteiger partial charge in [0, 0.05) is 16.9 Å². The summed E-state index contributed by atoms with van der Waals surface area (Å²) in [6.07, 6.45) is 3.37. The van der Waals surface area contributed by atoms with Crippen molar-refractivity contribution in [1.82, 2.24) is 14.8 Å². The molecule has 2 aromatic heterocycles. The number of aromatic carboxylic acids is 1. The molecular formula is C16H11Cl2N3O2S. The van der Waals surface area contributed by atoms with Crippen LogP contribution in [0.4, 0.5) is 0 Å². The van der Waals surface area contributed by atoms with Crippen molar-refractivity contribution in [3.63, 3.8) is 0 Å². The molecule has 0 aliphatic heterocycles. The molecule has 1 fully saturated rings. The van der Waals surface area contributed by atoms with Crippen molar-refractivity contribution < 1.29 is 9.90 Å². The number of carboxylic acid groups (broad SMARTS) is 1. The van der Waals surface area contributed by atoms with E-state index in [0.29, 0.717) is 15.2 Å². The molecule has 1 aromatic carbocycles. The Morgan fingerprint density at radius 2 is 2.08 bits per heavy atom. The maximum atomic E-state index is 11.4. The first kappa shape index (κ1) is 15.6. The van der Waals surface area contributed by atoms with Crippen molar-refractivity contribution in [1.29, 1.82) is 0 Å². The lowest BCUT2D eigenvalue weighted by Crippen LogP contribution is -2.05. The third kappa shape index (κ3) is 2.70. The summed E-state index contributed by atoms with van der Waals surface area (Å²) >= 11 is 13.4. The second-order valence-electron chi connectivity index (χ2n) is 5.58. The van der Waals surface area contributed by atoms with Gasteiger partial charge in [-0.3, -0.25) is 0 Å². The first-order valence-corrected chi connectivity index (χ1v) is 8.90. The first-order chi connectivity index (χ1) is 11.5. The van der Waals surface area contributed by atoms with Crippen LogP contribution >= 0.6 is 34.5 Å².